The third kappa shape index (κ3) is 3.08. The van der Waals surface area contributed by atoms with Crippen molar-refractivity contribution in [2.75, 3.05) is 25.5 Å². The molecule has 0 radical (unpaired) electrons. The van der Waals surface area contributed by atoms with Crippen LogP contribution in [0.3, 0.4) is 0 Å². The molecule has 0 spiro atoms. The number of nitrogens with zero attached hydrogens (tertiary/aromatic N) is 4. The second kappa shape index (κ2) is 6.43. The van der Waals surface area contributed by atoms with E-state index in [0.717, 1.165) is 24.4 Å². The number of hydrogen-bond donors (Lipinski definition) is 0. The van der Waals surface area contributed by atoms with E-state index < -0.39 is 11.4 Å². The summed E-state index contributed by atoms with van der Waals surface area (Å²) >= 11 is 0. The minimum absolute atomic E-state index is 0.0936. The monoisotopic (exact) mass is 342 g/mol. The van der Waals surface area contributed by atoms with E-state index in [1.807, 2.05) is 38.9 Å². The Kier molecular flexibility index (Phi) is 4.45. The highest BCUT2D eigenvalue weighted by molar-refractivity contribution is 5.95. The molecule has 2 heterocycles. The van der Waals surface area contributed by atoms with Crippen molar-refractivity contribution in [1.82, 2.24) is 14.9 Å². The molecule has 1 saturated heterocycles. The average Bonchev–Trinajstić information content (AvgIpc) is 2.97. The van der Waals surface area contributed by atoms with Crippen LogP contribution in [0.1, 0.15) is 41.6 Å². The predicted octanol–water partition coefficient (Wildman–Crippen LogP) is 3.14. The van der Waals surface area contributed by atoms with Crippen molar-refractivity contribution in [3.05, 3.63) is 53.2 Å². The fraction of sp³-hybridized carbons (Fsp3) is 0.421. The van der Waals surface area contributed by atoms with E-state index in [2.05, 4.69) is 9.97 Å². The van der Waals surface area contributed by atoms with Gasteiger partial charge in [0.05, 0.1) is 5.56 Å². The van der Waals surface area contributed by atoms with Crippen LogP contribution in [-0.4, -0.2) is 41.4 Å². The van der Waals surface area contributed by atoms with Crippen LogP contribution in [0.2, 0.25) is 0 Å². The van der Waals surface area contributed by atoms with E-state index in [0.29, 0.717) is 12.4 Å². The van der Waals surface area contributed by atoms with Gasteiger partial charge in [0.2, 0.25) is 0 Å². The van der Waals surface area contributed by atoms with Crippen LogP contribution in [0.15, 0.2) is 30.3 Å². The van der Waals surface area contributed by atoms with Gasteiger partial charge < -0.3 is 9.80 Å². The minimum atomic E-state index is -0.643. The quantitative estimate of drug-likeness (QED) is 0.860. The highest BCUT2D eigenvalue weighted by atomic mass is 19.1. The minimum Gasteiger partial charge on any atom is -0.363 e. The molecule has 1 aliphatic rings. The lowest BCUT2D eigenvalue weighted by Gasteiger charge is -2.34. The van der Waals surface area contributed by atoms with Crippen molar-refractivity contribution in [2.24, 2.45) is 0 Å². The second-order valence-electron chi connectivity index (χ2n) is 6.90. The average molecular weight is 342 g/mol. The summed E-state index contributed by atoms with van der Waals surface area (Å²) in [5.74, 6) is 0.600. The topological polar surface area (TPSA) is 49.3 Å². The molecule has 132 valence electrons. The molecule has 0 bridgehead atoms. The Labute approximate surface area is 147 Å². The van der Waals surface area contributed by atoms with Crippen LogP contribution < -0.4 is 4.90 Å². The van der Waals surface area contributed by atoms with Gasteiger partial charge in [-0.2, -0.15) is 0 Å². The van der Waals surface area contributed by atoms with E-state index in [9.17, 15) is 9.18 Å². The van der Waals surface area contributed by atoms with Crippen molar-refractivity contribution in [3.63, 3.8) is 0 Å². The number of amides is 1. The maximum absolute atomic E-state index is 14.1. The summed E-state index contributed by atoms with van der Waals surface area (Å²) in [5.41, 5.74) is 0.298. The van der Waals surface area contributed by atoms with Gasteiger partial charge in [-0.05, 0) is 38.8 Å². The van der Waals surface area contributed by atoms with Crippen molar-refractivity contribution >= 4 is 11.7 Å². The van der Waals surface area contributed by atoms with E-state index >= 15 is 0 Å². The van der Waals surface area contributed by atoms with Gasteiger partial charge in [0.15, 0.2) is 5.82 Å². The molecule has 1 amide bonds. The molecule has 1 atom stereocenters. The first-order chi connectivity index (χ1) is 11.8. The zero-order valence-corrected chi connectivity index (χ0v) is 15.1. The van der Waals surface area contributed by atoms with Gasteiger partial charge in [-0.25, -0.2) is 14.4 Å². The van der Waals surface area contributed by atoms with Crippen LogP contribution in [0.5, 0.6) is 0 Å². The molecular formula is C19H23FN4O. The number of benzene rings is 1. The molecule has 1 fully saturated rings. The number of carbonyl (C=O) groups is 1. The van der Waals surface area contributed by atoms with E-state index in [1.54, 1.807) is 17.0 Å². The molecule has 5 nitrogen and oxygen atoms in total. The molecule has 0 unspecified atom stereocenters. The SMILES string of the molecule is Cc1cc(N(C)C)nc([C@@]2(C)CCCN2C(=O)c2ccccc2F)n1. The third-order valence-corrected chi connectivity index (χ3v) is 4.77. The predicted molar refractivity (Wildman–Crippen MR) is 95.1 cm³/mol. The Morgan fingerprint density at radius 2 is 2.00 bits per heavy atom. The largest absolute Gasteiger partial charge is 0.363 e. The number of hydrogen-bond acceptors (Lipinski definition) is 4. The molecule has 25 heavy (non-hydrogen) atoms. The molecule has 0 aliphatic carbocycles. The highest BCUT2D eigenvalue weighted by Crippen LogP contribution is 2.38. The fourth-order valence-electron chi connectivity index (χ4n) is 3.32. The lowest BCUT2D eigenvalue weighted by atomic mass is 9.96. The lowest BCUT2D eigenvalue weighted by molar-refractivity contribution is 0.0599. The molecule has 2 aromatic rings. The summed E-state index contributed by atoms with van der Waals surface area (Å²) < 4.78 is 14.1. The molecule has 1 aromatic carbocycles. The standard InChI is InChI=1S/C19H23FN4O/c1-13-12-16(23(3)4)22-18(21-13)19(2)10-7-11-24(19)17(25)14-8-5-6-9-15(14)20/h5-6,8-9,12H,7,10-11H2,1-4H3/t19-/m1/s1. The highest BCUT2D eigenvalue weighted by Gasteiger charge is 2.44. The van der Waals surface area contributed by atoms with Crippen molar-refractivity contribution < 1.29 is 9.18 Å². The lowest BCUT2D eigenvalue weighted by Crippen LogP contribution is -2.44. The maximum Gasteiger partial charge on any atom is 0.257 e. The first kappa shape index (κ1) is 17.3. The van der Waals surface area contributed by atoms with Crippen molar-refractivity contribution in [2.45, 2.75) is 32.2 Å². The molecule has 0 N–H and O–H groups in total. The molecule has 3 rings (SSSR count). The number of likely N-dealkylation sites (tertiary alicyclic amines) is 1. The Morgan fingerprint density at radius 3 is 2.68 bits per heavy atom. The van der Waals surface area contributed by atoms with Crippen LogP contribution in [0, 0.1) is 12.7 Å². The zero-order valence-electron chi connectivity index (χ0n) is 15.1. The van der Waals surface area contributed by atoms with Crippen LogP contribution in [0.4, 0.5) is 10.2 Å². The van der Waals surface area contributed by atoms with Crippen molar-refractivity contribution in [3.8, 4) is 0 Å². The number of halogens is 1. The van der Waals surface area contributed by atoms with Crippen LogP contribution in [-0.2, 0) is 5.54 Å². The van der Waals surface area contributed by atoms with Crippen LogP contribution in [0.25, 0.3) is 0 Å². The summed E-state index contributed by atoms with van der Waals surface area (Å²) in [4.78, 5) is 25.9. The van der Waals surface area contributed by atoms with Gasteiger partial charge in [-0.3, -0.25) is 4.79 Å². The Hall–Kier alpha value is -2.50. The van der Waals surface area contributed by atoms with Gasteiger partial charge >= 0.3 is 0 Å². The van der Waals surface area contributed by atoms with Crippen LogP contribution >= 0.6 is 0 Å². The smallest absolute Gasteiger partial charge is 0.257 e. The number of rotatable bonds is 3. The summed E-state index contributed by atoms with van der Waals surface area (Å²) in [5, 5.41) is 0. The first-order valence-electron chi connectivity index (χ1n) is 8.43. The molecular weight excluding hydrogens is 319 g/mol. The third-order valence-electron chi connectivity index (χ3n) is 4.77. The zero-order chi connectivity index (χ0) is 18.2. The fourth-order valence-corrected chi connectivity index (χ4v) is 3.32. The number of aromatic nitrogens is 2. The molecule has 1 aliphatic heterocycles. The van der Waals surface area contributed by atoms with E-state index in [-0.39, 0.29) is 11.5 Å². The normalized spacial score (nSPS) is 20.0. The first-order valence-corrected chi connectivity index (χ1v) is 8.43. The maximum atomic E-state index is 14.1. The molecule has 6 heteroatoms. The summed E-state index contributed by atoms with van der Waals surface area (Å²) in [7, 11) is 3.84. The van der Waals surface area contributed by atoms with Gasteiger partial charge in [0.25, 0.3) is 5.91 Å². The van der Waals surface area contributed by atoms with Crippen molar-refractivity contribution in [1.29, 1.82) is 0 Å². The number of carbonyl (C=O) groups excluding carboxylic acids is 1. The second-order valence-corrected chi connectivity index (χ2v) is 6.90. The van der Waals surface area contributed by atoms with Gasteiger partial charge in [0.1, 0.15) is 17.2 Å². The Bertz CT molecular complexity index is 808. The van der Waals surface area contributed by atoms with E-state index in [4.69, 9.17) is 0 Å². The number of anilines is 1. The summed E-state index contributed by atoms with van der Waals surface area (Å²) in [6.45, 7) is 4.45. The van der Waals surface area contributed by atoms with Gasteiger partial charge in [-0.15, -0.1) is 0 Å². The number of aryl methyl sites for hydroxylation is 1. The summed E-state index contributed by atoms with van der Waals surface area (Å²) in [6, 6.07) is 8.01. The van der Waals surface area contributed by atoms with Gasteiger partial charge in [0, 0.05) is 32.4 Å². The Morgan fingerprint density at radius 1 is 1.28 bits per heavy atom. The van der Waals surface area contributed by atoms with E-state index in [1.165, 1.54) is 12.1 Å². The van der Waals surface area contributed by atoms with Gasteiger partial charge in [-0.1, -0.05) is 12.1 Å². The summed E-state index contributed by atoms with van der Waals surface area (Å²) in [6.07, 6.45) is 1.59. The Balaban J connectivity index is 2.03. The molecule has 0 saturated carbocycles. The molecule has 1 aromatic heterocycles.